The molecule has 0 fully saturated rings. The maximum atomic E-state index is 12.6. The molecule has 0 radical (unpaired) electrons. The van der Waals surface area contributed by atoms with Crippen LogP contribution in [-0.4, -0.2) is 24.5 Å². The summed E-state index contributed by atoms with van der Waals surface area (Å²) in [5.41, 5.74) is 0.640. The topological polar surface area (TPSA) is 49.7 Å². The van der Waals surface area contributed by atoms with E-state index in [2.05, 4.69) is 11.7 Å². The Labute approximate surface area is 135 Å². The molecule has 0 saturated heterocycles. The van der Waals surface area contributed by atoms with Crippen LogP contribution in [-0.2, 0) is 10.0 Å². The summed E-state index contributed by atoms with van der Waals surface area (Å²) in [4.78, 5) is 0.151. The van der Waals surface area contributed by atoms with Gasteiger partial charge < -0.3 is 0 Å². The van der Waals surface area contributed by atoms with Crippen LogP contribution in [0.15, 0.2) is 83.3 Å². The van der Waals surface area contributed by atoms with Crippen LogP contribution in [0.4, 0.5) is 0 Å². The molecule has 0 bridgehead atoms. The summed E-state index contributed by atoms with van der Waals surface area (Å²) in [6.07, 6.45) is 1.46. The third-order valence-corrected chi connectivity index (χ3v) is 4.76. The van der Waals surface area contributed by atoms with Crippen molar-refractivity contribution in [3.63, 3.8) is 0 Å². The highest BCUT2D eigenvalue weighted by Crippen LogP contribution is 2.17. The van der Waals surface area contributed by atoms with Gasteiger partial charge in [0.15, 0.2) is 5.17 Å². The molecule has 4 nitrogen and oxygen atoms in total. The molecule has 0 N–H and O–H groups in total. The van der Waals surface area contributed by atoms with E-state index in [0.29, 0.717) is 5.56 Å². The van der Waals surface area contributed by atoms with Gasteiger partial charge in [-0.15, -0.1) is 11.7 Å². The van der Waals surface area contributed by atoms with Crippen LogP contribution in [0.1, 0.15) is 5.56 Å². The van der Waals surface area contributed by atoms with Gasteiger partial charge in [-0.25, -0.2) is 0 Å². The first-order valence-electron chi connectivity index (χ1n) is 6.54. The largest absolute Gasteiger partial charge is 0.279 e. The fraction of sp³-hybridized carbons (Fsp3) is 0.0625. The molecule has 6 heteroatoms. The SMILES string of the molecule is C=CCN(N=C(Cl)c1ccccc1)S(=O)(=O)c1ccccc1. The Morgan fingerprint density at radius 3 is 2.18 bits per heavy atom. The lowest BCUT2D eigenvalue weighted by Crippen LogP contribution is -2.27. The third-order valence-electron chi connectivity index (χ3n) is 2.82. The Morgan fingerprint density at radius 1 is 1.09 bits per heavy atom. The van der Waals surface area contributed by atoms with E-state index < -0.39 is 10.0 Å². The summed E-state index contributed by atoms with van der Waals surface area (Å²) in [6.45, 7) is 3.60. The Bertz CT molecular complexity index is 759. The number of halogens is 1. The fourth-order valence-corrected chi connectivity index (χ4v) is 3.25. The van der Waals surface area contributed by atoms with Gasteiger partial charge in [0.1, 0.15) is 0 Å². The highest BCUT2D eigenvalue weighted by atomic mass is 35.5. The zero-order chi connectivity index (χ0) is 16.0. The third kappa shape index (κ3) is 3.75. The minimum atomic E-state index is -3.78. The molecule has 0 aliphatic heterocycles. The van der Waals surface area contributed by atoms with E-state index in [1.54, 1.807) is 42.5 Å². The average molecular weight is 335 g/mol. The Morgan fingerprint density at radius 2 is 1.64 bits per heavy atom. The second-order valence-electron chi connectivity index (χ2n) is 4.37. The predicted molar refractivity (Wildman–Crippen MR) is 89.4 cm³/mol. The van der Waals surface area contributed by atoms with E-state index in [9.17, 15) is 8.42 Å². The maximum Gasteiger partial charge on any atom is 0.279 e. The molecule has 0 spiro atoms. The number of hydrazone groups is 1. The second kappa shape index (κ2) is 7.24. The smallest absolute Gasteiger partial charge is 0.200 e. The Hall–Kier alpha value is -2.11. The zero-order valence-electron chi connectivity index (χ0n) is 11.8. The minimum Gasteiger partial charge on any atom is -0.200 e. The van der Waals surface area contributed by atoms with E-state index in [4.69, 9.17) is 11.6 Å². The molecule has 0 saturated carbocycles. The molecule has 114 valence electrons. The van der Waals surface area contributed by atoms with Crippen LogP contribution in [0.5, 0.6) is 0 Å². The van der Waals surface area contributed by atoms with Gasteiger partial charge in [-0.2, -0.15) is 12.8 Å². The van der Waals surface area contributed by atoms with Crippen LogP contribution < -0.4 is 0 Å². The van der Waals surface area contributed by atoms with Gasteiger partial charge >= 0.3 is 0 Å². The second-order valence-corrected chi connectivity index (χ2v) is 6.57. The summed E-state index contributed by atoms with van der Waals surface area (Å²) in [7, 11) is -3.78. The van der Waals surface area contributed by atoms with Crippen molar-refractivity contribution in [1.82, 2.24) is 4.41 Å². The predicted octanol–water partition coefficient (Wildman–Crippen LogP) is 3.46. The van der Waals surface area contributed by atoms with E-state index in [1.165, 1.54) is 18.2 Å². The lowest BCUT2D eigenvalue weighted by molar-refractivity contribution is 0.464. The number of hydrogen-bond donors (Lipinski definition) is 0. The van der Waals surface area contributed by atoms with Crippen molar-refractivity contribution in [2.45, 2.75) is 4.90 Å². The van der Waals surface area contributed by atoms with Crippen LogP contribution in [0.2, 0.25) is 0 Å². The maximum absolute atomic E-state index is 12.6. The van der Waals surface area contributed by atoms with E-state index in [1.807, 2.05) is 6.07 Å². The van der Waals surface area contributed by atoms with Gasteiger partial charge in [-0.3, -0.25) is 0 Å². The highest BCUT2D eigenvalue weighted by molar-refractivity contribution is 7.89. The van der Waals surface area contributed by atoms with Gasteiger partial charge in [-0.05, 0) is 12.1 Å². The Balaban J connectivity index is 2.41. The fourth-order valence-electron chi connectivity index (χ4n) is 1.75. The molecule has 0 heterocycles. The number of benzene rings is 2. The number of nitrogens with zero attached hydrogens (tertiary/aromatic N) is 2. The van der Waals surface area contributed by atoms with E-state index in [-0.39, 0.29) is 16.6 Å². The molecule has 22 heavy (non-hydrogen) atoms. The van der Waals surface area contributed by atoms with Crippen molar-refractivity contribution >= 4 is 26.8 Å². The van der Waals surface area contributed by atoms with Crippen molar-refractivity contribution in [2.75, 3.05) is 6.54 Å². The van der Waals surface area contributed by atoms with Crippen LogP contribution in [0.25, 0.3) is 0 Å². The van der Waals surface area contributed by atoms with Crippen LogP contribution >= 0.6 is 11.6 Å². The van der Waals surface area contributed by atoms with Gasteiger partial charge in [0, 0.05) is 5.56 Å². The molecular formula is C16H15ClN2O2S. The highest BCUT2D eigenvalue weighted by Gasteiger charge is 2.22. The normalized spacial score (nSPS) is 12.0. The van der Waals surface area contributed by atoms with Crippen molar-refractivity contribution in [1.29, 1.82) is 0 Å². The van der Waals surface area contributed by atoms with Gasteiger partial charge in [-0.1, -0.05) is 66.2 Å². The molecule has 0 amide bonds. The van der Waals surface area contributed by atoms with Gasteiger partial charge in [0.25, 0.3) is 10.0 Å². The summed E-state index contributed by atoms with van der Waals surface area (Å²) in [5.74, 6) is 0. The van der Waals surface area contributed by atoms with Crippen molar-refractivity contribution < 1.29 is 8.42 Å². The van der Waals surface area contributed by atoms with Gasteiger partial charge in [0.05, 0.1) is 11.4 Å². The van der Waals surface area contributed by atoms with Crippen molar-refractivity contribution in [3.8, 4) is 0 Å². The molecule has 0 aromatic heterocycles. The molecule has 2 aromatic carbocycles. The molecule has 0 unspecified atom stereocenters. The van der Waals surface area contributed by atoms with Crippen LogP contribution in [0, 0.1) is 0 Å². The van der Waals surface area contributed by atoms with Gasteiger partial charge in [0.2, 0.25) is 0 Å². The number of rotatable bonds is 6. The van der Waals surface area contributed by atoms with E-state index in [0.717, 1.165) is 4.41 Å². The van der Waals surface area contributed by atoms with Crippen LogP contribution in [0.3, 0.4) is 0 Å². The minimum absolute atomic E-state index is 0.0281. The lowest BCUT2D eigenvalue weighted by atomic mass is 10.2. The standard InChI is InChI=1S/C16H15ClN2O2S/c1-2-13-19(18-16(17)14-9-5-3-6-10-14)22(20,21)15-11-7-4-8-12-15/h2-12H,1,13H2. The molecule has 0 aliphatic carbocycles. The quantitative estimate of drug-likeness (QED) is 0.461. The summed E-state index contributed by atoms with van der Waals surface area (Å²) < 4.78 is 26.1. The monoisotopic (exact) mass is 334 g/mol. The molecule has 0 aliphatic rings. The summed E-state index contributed by atoms with van der Waals surface area (Å²) in [6, 6.07) is 17.0. The molecular weight excluding hydrogens is 320 g/mol. The zero-order valence-corrected chi connectivity index (χ0v) is 13.3. The average Bonchev–Trinajstić information content (AvgIpc) is 2.56. The summed E-state index contributed by atoms with van der Waals surface area (Å²) in [5, 5.41) is 4.14. The first-order chi connectivity index (χ1) is 10.6. The first-order valence-corrected chi connectivity index (χ1v) is 8.35. The lowest BCUT2D eigenvalue weighted by Gasteiger charge is -2.18. The van der Waals surface area contributed by atoms with E-state index >= 15 is 0 Å². The number of hydrogen-bond acceptors (Lipinski definition) is 3. The van der Waals surface area contributed by atoms with Crippen molar-refractivity contribution in [2.24, 2.45) is 5.10 Å². The first kappa shape index (κ1) is 16.3. The molecule has 2 rings (SSSR count). The summed E-state index contributed by atoms with van der Waals surface area (Å²) >= 11 is 6.14. The Kier molecular flexibility index (Phi) is 5.35. The molecule has 2 aromatic rings. The van der Waals surface area contributed by atoms with Crippen molar-refractivity contribution in [3.05, 3.63) is 78.9 Å². The molecule has 0 atom stereocenters. The number of sulfonamides is 1.